The van der Waals surface area contributed by atoms with E-state index in [1.54, 1.807) is 6.20 Å². The molecule has 0 fully saturated rings. The van der Waals surface area contributed by atoms with E-state index in [9.17, 15) is 0 Å². The minimum Gasteiger partial charge on any atom is -0.443 e. The van der Waals surface area contributed by atoms with Crippen LogP contribution in [0.5, 0.6) is 0 Å². The third kappa shape index (κ3) is 4.18. The van der Waals surface area contributed by atoms with Crippen molar-refractivity contribution in [2.45, 2.75) is 65.6 Å². The van der Waals surface area contributed by atoms with Gasteiger partial charge in [-0.05, 0) is 13.3 Å². The number of aromatic nitrogens is 4. The Hall–Kier alpha value is -2.38. The summed E-state index contributed by atoms with van der Waals surface area (Å²) >= 11 is 0. The molecule has 0 unspecified atom stereocenters. The number of oxazole rings is 1. The molecule has 1 aliphatic heterocycles. The zero-order valence-corrected chi connectivity index (χ0v) is 15.5. The summed E-state index contributed by atoms with van der Waals surface area (Å²) in [4.78, 5) is 8.94. The molecule has 0 bridgehead atoms. The van der Waals surface area contributed by atoms with E-state index in [2.05, 4.69) is 56.1 Å². The number of rotatable bonds is 5. The fourth-order valence-corrected chi connectivity index (χ4v) is 2.72. The van der Waals surface area contributed by atoms with Gasteiger partial charge in [0.2, 0.25) is 5.89 Å². The van der Waals surface area contributed by atoms with Crippen molar-refractivity contribution in [2.24, 2.45) is 4.99 Å². The largest absolute Gasteiger partial charge is 0.443 e. The van der Waals surface area contributed by atoms with Gasteiger partial charge in [-0.25, -0.2) is 9.98 Å². The smallest absolute Gasteiger partial charge is 0.213 e. The van der Waals surface area contributed by atoms with E-state index in [1.807, 2.05) is 6.92 Å². The second kappa shape index (κ2) is 7.25. The van der Waals surface area contributed by atoms with Crippen molar-refractivity contribution in [3.05, 3.63) is 29.5 Å². The molecule has 2 aromatic rings. The Kier molecular flexibility index (Phi) is 5.06. The number of hydrogen-bond donors (Lipinski definition) is 2. The second-order valence-electron chi connectivity index (χ2n) is 7.20. The summed E-state index contributed by atoms with van der Waals surface area (Å²) in [5.74, 6) is 4.23. The van der Waals surface area contributed by atoms with Crippen LogP contribution in [0.1, 0.15) is 57.4 Å². The van der Waals surface area contributed by atoms with Gasteiger partial charge < -0.3 is 19.6 Å². The molecular formula is C17H27N7O. The molecule has 25 heavy (non-hydrogen) atoms. The number of nitrogens with one attached hydrogen (secondary N) is 2. The molecule has 0 saturated carbocycles. The van der Waals surface area contributed by atoms with Crippen LogP contribution in [0.3, 0.4) is 0 Å². The molecule has 0 aromatic carbocycles. The first-order valence-corrected chi connectivity index (χ1v) is 8.85. The minimum atomic E-state index is -0.0438. The SMILES string of the molecule is CCNC(=NCc1nnc2n1CCC2)NCc1ncc(C(C)(C)C)o1. The molecule has 8 heteroatoms. The number of hydrogen-bond acceptors (Lipinski definition) is 5. The maximum Gasteiger partial charge on any atom is 0.213 e. The van der Waals surface area contributed by atoms with Gasteiger partial charge in [0.15, 0.2) is 11.8 Å². The quantitative estimate of drug-likeness (QED) is 0.634. The third-order valence-corrected chi connectivity index (χ3v) is 4.11. The molecule has 0 atom stereocenters. The molecule has 8 nitrogen and oxygen atoms in total. The monoisotopic (exact) mass is 345 g/mol. The summed E-state index contributed by atoms with van der Waals surface area (Å²) in [6.45, 7) is 11.1. The lowest BCUT2D eigenvalue weighted by Crippen LogP contribution is -2.37. The maximum absolute atomic E-state index is 5.80. The van der Waals surface area contributed by atoms with E-state index < -0.39 is 0 Å². The van der Waals surface area contributed by atoms with E-state index in [4.69, 9.17) is 4.42 Å². The fraction of sp³-hybridized carbons (Fsp3) is 0.647. The first kappa shape index (κ1) is 17.4. The van der Waals surface area contributed by atoms with Crippen LogP contribution in [0.25, 0.3) is 0 Å². The molecular weight excluding hydrogens is 318 g/mol. The number of guanidine groups is 1. The highest BCUT2D eigenvalue weighted by molar-refractivity contribution is 5.79. The van der Waals surface area contributed by atoms with Gasteiger partial charge in [-0.1, -0.05) is 20.8 Å². The summed E-state index contributed by atoms with van der Waals surface area (Å²) < 4.78 is 7.97. The zero-order chi connectivity index (χ0) is 17.9. The van der Waals surface area contributed by atoms with Crippen LogP contribution in [-0.4, -0.2) is 32.3 Å². The predicted molar refractivity (Wildman–Crippen MR) is 95.2 cm³/mol. The second-order valence-corrected chi connectivity index (χ2v) is 7.20. The normalized spacial score (nSPS) is 14.6. The molecule has 2 N–H and O–H groups in total. The van der Waals surface area contributed by atoms with Crippen LogP contribution in [0.2, 0.25) is 0 Å². The van der Waals surface area contributed by atoms with E-state index in [0.29, 0.717) is 24.9 Å². The Morgan fingerprint density at radius 3 is 2.88 bits per heavy atom. The van der Waals surface area contributed by atoms with Gasteiger partial charge in [0.05, 0.1) is 12.7 Å². The van der Waals surface area contributed by atoms with Crippen LogP contribution in [0.4, 0.5) is 0 Å². The standard InChI is InChI=1S/C17H27N7O/c1-5-18-16(20-10-14-23-22-13-7-6-8-24(13)14)21-11-15-19-9-12(25-15)17(2,3)4/h9H,5-8,10-11H2,1-4H3,(H2,18,20,21). The van der Waals surface area contributed by atoms with Crippen LogP contribution in [0.15, 0.2) is 15.6 Å². The van der Waals surface area contributed by atoms with Gasteiger partial charge in [0.25, 0.3) is 0 Å². The topological polar surface area (TPSA) is 93.2 Å². The van der Waals surface area contributed by atoms with Gasteiger partial charge in [-0.15, -0.1) is 10.2 Å². The van der Waals surface area contributed by atoms with E-state index in [0.717, 1.165) is 43.3 Å². The van der Waals surface area contributed by atoms with Crippen molar-refractivity contribution < 1.29 is 4.42 Å². The van der Waals surface area contributed by atoms with Crippen LogP contribution in [-0.2, 0) is 31.5 Å². The summed E-state index contributed by atoms with van der Waals surface area (Å²) in [6, 6.07) is 0. The summed E-state index contributed by atoms with van der Waals surface area (Å²) in [5, 5.41) is 14.9. The van der Waals surface area contributed by atoms with Gasteiger partial charge in [-0.3, -0.25) is 0 Å². The predicted octanol–water partition coefficient (Wildman–Crippen LogP) is 1.77. The van der Waals surface area contributed by atoms with Crippen LogP contribution < -0.4 is 10.6 Å². The average Bonchev–Trinajstić information content (AvgIpc) is 3.26. The fourth-order valence-electron chi connectivity index (χ4n) is 2.72. The highest BCUT2D eigenvalue weighted by Gasteiger charge is 2.19. The Labute approximate surface area is 148 Å². The van der Waals surface area contributed by atoms with Gasteiger partial charge >= 0.3 is 0 Å². The van der Waals surface area contributed by atoms with Crippen molar-refractivity contribution in [1.82, 2.24) is 30.4 Å². The van der Waals surface area contributed by atoms with Gasteiger partial charge in [0.1, 0.15) is 18.1 Å². The van der Waals surface area contributed by atoms with Crippen molar-refractivity contribution in [2.75, 3.05) is 6.54 Å². The Morgan fingerprint density at radius 1 is 1.32 bits per heavy atom. The number of aliphatic imine (C=N–C) groups is 1. The Balaban J connectivity index is 1.61. The lowest BCUT2D eigenvalue weighted by Gasteiger charge is -2.13. The first-order chi connectivity index (χ1) is 12.0. The summed E-state index contributed by atoms with van der Waals surface area (Å²) in [6.07, 6.45) is 3.94. The third-order valence-electron chi connectivity index (χ3n) is 4.11. The zero-order valence-electron chi connectivity index (χ0n) is 15.5. The van der Waals surface area contributed by atoms with E-state index in [1.165, 1.54) is 0 Å². The van der Waals surface area contributed by atoms with Gasteiger partial charge in [0, 0.05) is 24.9 Å². The molecule has 2 aromatic heterocycles. The molecule has 3 rings (SSSR count). The maximum atomic E-state index is 5.80. The van der Waals surface area contributed by atoms with Crippen molar-refractivity contribution >= 4 is 5.96 Å². The molecule has 136 valence electrons. The number of nitrogens with zero attached hydrogens (tertiary/aromatic N) is 5. The first-order valence-electron chi connectivity index (χ1n) is 8.85. The lowest BCUT2D eigenvalue weighted by molar-refractivity contribution is 0.379. The number of fused-ring (bicyclic) bond motifs is 1. The van der Waals surface area contributed by atoms with Crippen molar-refractivity contribution in [3.8, 4) is 0 Å². The van der Waals surface area contributed by atoms with Crippen LogP contribution >= 0.6 is 0 Å². The molecule has 3 heterocycles. The van der Waals surface area contributed by atoms with E-state index in [-0.39, 0.29) is 5.41 Å². The van der Waals surface area contributed by atoms with E-state index >= 15 is 0 Å². The summed E-state index contributed by atoms with van der Waals surface area (Å²) in [7, 11) is 0. The summed E-state index contributed by atoms with van der Waals surface area (Å²) in [5.41, 5.74) is -0.0438. The Morgan fingerprint density at radius 2 is 2.16 bits per heavy atom. The number of aryl methyl sites for hydroxylation is 1. The van der Waals surface area contributed by atoms with Crippen molar-refractivity contribution in [3.63, 3.8) is 0 Å². The highest BCUT2D eigenvalue weighted by atomic mass is 16.4. The minimum absolute atomic E-state index is 0.0438. The molecule has 0 aliphatic carbocycles. The molecule has 0 spiro atoms. The molecule has 0 saturated heterocycles. The molecule has 1 aliphatic rings. The Bertz CT molecular complexity index is 739. The average molecular weight is 345 g/mol. The van der Waals surface area contributed by atoms with Crippen LogP contribution in [0, 0.1) is 0 Å². The molecule has 0 amide bonds. The highest BCUT2D eigenvalue weighted by Crippen LogP contribution is 2.22. The van der Waals surface area contributed by atoms with Gasteiger partial charge in [-0.2, -0.15) is 0 Å². The van der Waals surface area contributed by atoms with Crippen molar-refractivity contribution in [1.29, 1.82) is 0 Å². The molecule has 0 radical (unpaired) electrons. The lowest BCUT2D eigenvalue weighted by atomic mass is 9.94.